The van der Waals surface area contributed by atoms with Gasteiger partial charge in [-0.2, -0.15) is 4.31 Å². The maximum absolute atomic E-state index is 13.1. The average Bonchev–Trinajstić information content (AvgIpc) is 2.33. The first-order valence-electron chi connectivity index (χ1n) is 6.39. The second kappa shape index (κ2) is 6.98. The second-order valence-corrected chi connectivity index (χ2v) is 6.36. The van der Waals surface area contributed by atoms with Crippen LogP contribution in [0.5, 0.6) is 0 Å². The third-order valence-electron chi connectivity index (χ3n) is 2.89. The molecule has 19 heavy (non-hydrogen) atoms. The summed E-state index contributed by atoms with van der Waals surface area (Å²) >= 11 is 0. The highest BCUT2D eigenvalue weighted by Gasteiger charge is 2.25. The molecule has 4 nitrogen and oxygen atoms in total. The van der Waals surface area contributed by atoms with Gasteiger partial charge in [0.25, 0.3) is 0 Å². The molecule has 0 saturated heterocycles. The molecule has 1 rings (SSSR count). The molecule has 0 fully saturated rings. The van der Waals surface area contributed by atoms with E-state index in [0.717, 1.165) is 12.8 Å². The van der Waals surface area contributed by atoms with Crippen molar-refractivity contribution in [2.24, 2.45) is 5.73 Å². The maximum atomic E-state index is 13.1. The topological polar surface area (TPSA) is 63.4 Å². The van der Waals surface area contributed by atoms with E-state index in [9.17, 15) is 12.8 Å². The first kappa shape index (κ1) is 16.1. The Hall–Kier alpha value is -0.980. The summed E-state index contributed by atoms with van der Waals surface area (Å²) in [5.74, 6) is -0.435. The lowest BCUT2D eigenvalue weighted by molar-refractivity contribution is 0.409. The zero-order valence-corrected chi connectivity index (χ0v) is 12.2. The summed E-state index contributed by atoms with van der Waals surface area (Å²) in [4.78, 5) is 0.151. The molecule has 0 aliphatic carbocycles. The molecule has 0 aliphatic rings. The summed E-state index contributed by atoms with van der Waals surface area (Å²) in [5.41, 5.74) is 5.89. The van der Waals surface area contributed by atoms with Gasteiger partial charge in [0.05, 0.1) is 4.90 Å². The van der Waals surface area contributed by atoms with E-state index in [1.807, 2.05) is 6.92 Å². The van der Waals surface area contributed by atoms with Gasteiger partial charge in [-0.05, 0) is 37.1 Å². The van der Waals surface area contributed by atoms with Crippen LogP contribution in [0.4, 0.5) is 4.39 Å². The highest BCUT2D eigenvalue weighted by atomic mass is 32.2. The smallest absolute Gasteiger partial charge is 0.243 e. The predicted octanol–water partition coefficient (Wildman–Crippen LogP) is 1.88. The highest BCUT2D eigenvalue weighted by molar-refractivity contribution is 7.89. The minimum absolute atomic E-state index is 0.151. The molecule has 0 heterocycles. The van der Waals surface area contributed by atoms with Crippen LogP contribution in [0.3, 0.4) is 0 Å². The maximum Gasteiger partial charge on any atom is 0.243 e. The molecule has 0 amide bonds. The fourth-order valence-electron chi connectivity index (χ4n) is 1.87. The number of benzene rings is 1. The van der Waals surface area contributed by atoms with Gasteiger partial charge in [-0.3, -0.25) is 0 Å². The van der Waals surface area contributed by atoms with E-state index in [0.29, 0.717) is 12.1 Å². The molecule has 0 saturated carbocycles. The highest BCUT2D eigenvalue weighted by Crippen LogP contribution is 2.20. The van der Waals surface area contributed by atoms with E-state index in [1.54, 1.807) is 6.92 Å². The average molecular weight is 288 g/mol. The number of halogens is 1. The third-order valence-corrected chi connectivity index (χ3v) is 4.95. The van der Waals surface area contributed by atoms with E-state index in [-0.39, 0.29) is 18.0 Å². The number of unbranched alkanes of at least 4 members (excludes halogenated alkanes) is 1. The lowest BCUT2D eigenvalue weighted by atomic mass is 10.2. The van der Waals surface area contributed by atoms with E-state index in [2.05, 4.69) is 0 Å². The summed E-state index contributed by atoms with van der Waals surface area (Å²) in [6.45, 7) is 4.57. The molecule has 0 aliphatic heterocycles. The van der Waals surface area contributed by atoms with Crippen molar-refractivity contribution in [2.75, 3.05) is 19.6 Å². The standard InChI is InChI=1S/C13H21FN2O2S/c1-3-4-8-16(9-7-15)19(17,18)13-6-5-12(14)10-11(13)2/h5-6,10H,3-4,7-9,15H2,1-2H3. The van der Waals surface area contributed by atoms with Crippen LogP contribution in [-0.4, -0.2) is 32.4 Å². The van der Waals surface area contributed by atoms with Crippen molar-refractivity contribution >= 4 is 10.0 Å². The first-order valence-corrected chi connectivity index (χ1v) is 7.83. The molecule has 6 heteroatoms. The molecule has 2 N–H and O–H groups in total. The van der Waals surface area contributed by atoms with Crippen LogP contribution in [0.1, 0.15) is 25.3 Å². The van der Waals surface area contributed by atoms with Crippen LogP contribution < -0.4 is 5.73 Å². The Morgan fingerprint density at radius 3 is 2.53 bits per heavy atom. The normalized spacial score (nSPS) is 12.1. The van der Waals surface area contributed by atoms with Crippen molar-refractivity contribution < 1.29 is 12.8 Å². The fraction of sp³-hybridized carbons (Fsp3) is 0.538. The predicted molar refractivity (Wildman–Crippen MR) is 73.9 cm³/mol. The fourth-order valence-corrected chi connectivity index (χ4v) is 3.57. The van der Waals surface area contributed by atoms with E-state index in [4.69, 9.17) is 5.73 Å². The quantitative estimate of drug-likeness (QED) is 0.833. The van der Waals surface area contributed by atoms with Crippen molar-refractivity contribution in [3.63, 3.8) is 0 Å². The molecule has 0 radical (unpaired) electrons. The van der Waals surface area contributed by atoms with Crippen molar-refractivity contribution in [3.05, 3.63) is 29.6 Å². The Morgan fingerprint density at radius 2 is 2.00 bits per heavy atom. The van der Waals surface area contributed by atoms with Crippen molar-refractivity contribution in [2.45, 2.75) is 31.6 Å². The SMILES string of the molecule is CCCCN(CCN)S(=O)(=O)c1ccc(F)cc1C. The van der Waals surface area contributed by atoms with Gasteiger partial charge in [-0.25, -0.2) is 12.8 Å². The number of hydrogen-bond acceptors (Lipinski definition) is 3. The Balaban J connectivity index is 3.11. The number of rotatable bonds is 7. The number of aryl methyl sites for hydroxylation is 1. The Bertz CT molecular complexity index is 517. The Labute approximate surface area is 114 Å². The Morgan fingerprint density at radius 1 is 1.32 bits per heavy atom. The van der Waals surface area contributed by atoms with Gasteiger partial charge in [0.2, 0.25) is 10.0 Å². The lowest BCUT2D eigenvalue weighted by Gasteiger charge is -2.22. The molecule has 0 spiro atoms. The molecule has 0 bridgehead atoms. The van der Waals surface area contributed by atoms with Crippen molar-refractivity contribution in [3.8, 4) is 0 Å². The van der Waals surface area contributed by atoms with Crippen LogP contribution in [0.25, 0.3) is 0 Å². The van der Waals surface area contributed by atoms with Crippen molar-refractivity contribution in [1.29, 1.82) is 0 Å². The molecule has 0 atom stereocenters. The van der Waals surface area contributed by atoms with Gasteiger partial charge < -0.3 is 5.73 Å². The minimum Gasteiger partial charge on any atom is -0.329 e. The third kappa shape index (κ3) is 3.99. The monoisotopic (exact) mass is 288 g/mol. The van der Waals surface area contributed by atoms with Crippen LogP contribution >= 0.6 is 0 Å². The molecule has 108 valence electrons. The number of sulfonamides is 1. The summed E-state index contributed by atoms with van der Waals surface area (Å²) < 4.78 is 39.4. The van der Waals surface area contributed by atoms with Crippen LogP contribution in [0.15, 0.2) is 23.1 Å². The number of nitrogens with zero attached hydrogens (tertiary/aromatic N) is 1. The van der Waals surface area contributed by atoms with Gasteiger partial charge in [0, 0.05) is 19.6 Å². The van der Waals surface area contributed by atoms with Gasteiger partial charge in [-0.15, -0.1) is 0 Å². The number of nitrogens with two attached hydrogens (primary N) is 1. The van der Waals surface area contributed by atoms with Gasteiger partial charge in [0.1, 0.15) is 5.82 Å². The van der Waals surface area contributed by atoms with E-state index >= 15 is 0 Å². The first-order chi connectivity index (χ1) is 8.93. The number of hydrogen-bond donors (Lipinski definition) is 1. The van der Waals surface area contributed by atoms with Gasteiger partial charge in [0.15, 0.2) is 0 Å². The van der Waals surface area contributed by atoms with Gasteiger partial charge >= 0.3 is 0 Å². The van der Waals surface area contributed by atoms with Crippen LogP contribution in [-0.2, 0) is 10.0 Å². The molecule has 1 aromatic carbocycles. The summed E-state index contributed by atoms with van der Waals surface area (Å²) in [6, 6.07) is 3.71. The van der Waals surface area contributed by atoms with Crippen LogP contribution in [0, 0.1) is 12.7 Å². The second-order valence-electron chi connectivity index (χ2n) is 4.46. The molecule has 1 aromatic rings. The van der Waals surface area contributed by atoms with Gasteiger partial charge in [-0.1, -0.05) is 13.3 Å². The van der Waals surface area contributed by atoms with E-state index < -0.39 is 15.8 Å². The summed E-state index contributed by atoms with van der Waals surface area (Å²) in [6.07, 6.45) is 1.68. The Kier molecular flexibility index (Phi) is 5.90. The zero-order valence-electron chi connectivity index (χ0n) is 11.4. The van der Waals surface area contributed by atoms with Crippen LogP contribution in [0.2, 0.25) is 0 Å². The molecule has 0 unspecified atom stereocenters. The molecule has 0 aromatic heterocycles. The zero-order chi connectivity index (χ0) is 14.5. The minimum atomic E-state index is -3.60. The summed E-state index contributed by atoms with van der Waals surface area (Å²) in [7, 11) is -3.60. The van der Waals surface area contributed by atoms with E-state index in [1.165, 1.54) is 22.5 Å². The summed E-state index contributed by atoms with van der Waals surface area (Å²) in [5, 5.41) is 0. The lowest BCUT2D eigenvalue weighted by Crippen LogP contribution is -2.36. The molecular weight excluding hydrogens is 267 g/mol. The largest absolute Gasteiger partial charge is 0.329 e. The van der Waals surface area contributed by atoms with Crippen molar-refractivity contribution in [1.82, 2.24) is 4.31 Å². The molecular formula is C13H21FN2O2S.